The highest BCUT2D eigenvalue weighted by atomic mass is 32.2. The second kappa shape index (κ2) is 7.51. The second-order valence-corrected chi connectivity index (χ2v) is 8.53. The quantitative estimate of drug-likeness (QED) is 0.716. The lowest BCUT2D eigenvalue weighted by molar-refractivity contribution is -0.113. The van der Waals surface area contributed by atoms with Crippen LogP contribution in [0.2, 0.25) is 0 Å². The molecule has 8 heteroatoms. The van der Waals surface area contributed by atoms with Crippen molar-refractivity contribution in [1.82, 2.24) is 19.7 Å². The van der Waals surface area contributed by atoms with E-state index >= 15 is 0 Å². The maximum Gasteiger partial charge on any atom is 0.252 e. The number of nitrogens with zero attached hydrogens (tertiary/aromatic N) is 5. The van der Waals surface area contributed by atoms with Gasteiger partial charge in [0.2, 0.25) is 5.91 Å². The Balaban J connectivity index is 1.85. The van der Waals surface area contributed by atoms with Gasteiger partial charge in [0.15, 0.2) is 0 Å². The Labute approximate surface area is 174 Å². The Bertz CT molecular complexity index is 1050. The van der Waals surface area contributed by atoms with Gasteiger partial charge >= 0.3 is 0 Å². The van der Waals surface area contributed by atoms with Gasteiger partial charge in [-0.1, -0.05) is 12.1 Å². The van der Waals surface area contributed by atoms with Crippen molar-refractivity contribution in [1.29, 1.82) is 0 Å². The minimum absolute atomic E-state index is 0.000168. The lowest BCUT2D eigenvalue weighted by Gasteiger charge is -2.18. The molecule has 0 radical (unpaired) electrons. The van der Waals surface area contributed by atoms with Crippen molar-refractivity contribution >= 4 is 29.2 Å². The van der Waals surface area contributed by atoms with Crippen molar-refractivity contribution in [3.8, 4) is 5.95 Å². The number of anilines is 2. The predicted octanol–water partition coefficient (Wildman–Crippen LogP) is 3.43. The molecule has 7 nitrogen and oxygen atoms in total. The number of thioether (sulfide) groups is 1. The molecule has 150 valence electrons. The third-order valence-corrected chi connectivity index (χ3v) is 6.15. The van der Waals surface area contributed by atoms with Crippen LogP contribution in [0.15, 0.2) is 30.3 Å². The zero-order valence-corrected chi connectivity index (χ0v) is 18.0. The number of aromatic nitrogens is 4. The summed E-state index contributed by atoms with van der Waals surface area (Å²) in [6, 6.07) is 10.4. The van der Waals surface area contributed by atoms with Crippen molar-refractivity contribution in [2.75, 3.05) is 30.1 Å². The number of hydrogen-bond acceptors (Lipinski definition) is 6. The van der Waals surface area contributed by atoms with Gasteiger partial charge < -0.3 is 10.2 Å². The monoisotopic (exact) mass is 408 g/mol. The lowest BCUT2D eigenvalue weighted by atomic mass is 10.0. The molecule has 0 fully saturated rings. The molecule has 0 saturated carbocycles. The summed E-state index contributed by atoms with van der Waals surface area (Å²) in [5.41, 5.74) is 5.86. The first-order valence-corrected chi connectivity index (χ1v) is 10.5. The lowest BCUT2D eigenvalue weighted by Crippen LogP contribution is -2.17. The maximum absolute atomic E-state index is 12.5. The number of rotatable bonds is 3. The maximum atomic E-state index is 12.5. The van der Waals surface area contributed by atoms with Crippen molar-refractivity contribution in [3.05, 3.63) is 58.5 Å². The molecule has 3 heterocycles. The van der Waals surface area contributed by atoms with Gasteiger partial charge in [-0.05, 0) is 44.5 Å². The van der Waals surface area contributed by atoms with E-state index in [0.29, 0.717) is 17.5 Å². The van der Waals surface area contributed by atoms with Gasteiger partial charge in [-0.3, -0.25) is 4.79 Å². The van der Waals surface area contributed by atoms with Crippen molar-refractivity contribution in [3.63, 3.8) is 0 Å². The van der Waals surface area contributed by atoms with Crippen molar-refractivity contribution < 1.29 is 4.79 Å². The van der Waals surface area contributed by atoms with E-state index in [-0.39, 0.29) is 11.2 Å². The van der Waals surface area contributed by atoms with Crippen LogP contribution < -0.4 is 10.2 Å². The average molecular weight is 409 g/mol. The number of aryl methyl sites for hydroxylation is 3. The molecule has 1 amide bonds. The van der Waals surface area contributed by atoms with Crippen LogP contribution >= 0.6 is 11.8 Å². The second-order valence-electron chi connectivity index (χ2n) is 7.44. The smallest absolute Gasteiger partial charge is 0.252 e. The van der Waals surface area contributed by atoms with Crippen LogP contribution in [0.5, 0.6) is 0 Å². The summed E-state index contributed by atoms with van der Waals surface area (Å²) in [5, 5.41) is 7.73. The van der Waals surface area contributed by atoms with E-state index in [1.165, 1.54) is 0 Å². The molecule has 0 spiro atoms. The molecule has 0 bridgehead atoms. The molecule has 1 N–H and O–H groups in total. The van der Waals surface area contributed by atoms with Crippen molar-refractivity contribution in [2.45, 2.75) is 26.0 Å². The molecule has 4 rings (SSSR count). The van der Waals surface area contributed by atoms with Gasteiger partial charge in [-0.25, -0.2) is 9.97 Å². The van der Waals surface area contributed by atoms with Crippen LogP contribution in [0.4, 0.5) is 11.5 Å². The number of hydrogen-bond donors (Lipinski definition) is 1. The summed E-state index contributed by atoms with van der Waals surface area (Å²) >= 11 is 1.61. The summed E-state index contributed by atoms with van der Waals surface area (Å²) in [6.45, 7) is 5.82. The van der Waals surface area contributed by atoms with E-state index in [1.54, 1.807) is 16.4 Å². The molecule has 1 aliphatic rings. The molecule has 0 saturated heterocycles. The summed E-state index contributed by atoms with van der Waals surface area (Å²) in [4.78, 5) is 23.6. The SMILES string of the molecule is Cc1cc(C)nc(-n2nc(C)c3c2NC(=O)CS[C@H]3c2ccc(N(C)C)cc2)n1. The summed E-state index contributed by atoms with van der Waals surface area (Å²) in [5.74, 6) is 1.46. The van der Waals surface area contributed by atoms with E-state index < -0.39 is 0 Å². The predicted molar refractivity (Wildman–Crippen MR) is 117 cm³/mol. The molecule has 1 aromatic carbocycles. The number of fused-ring (bicyclic) bond motifs is 1. The zero-order valence-electron chi connectivity index (χ0n) is 17.2. The molecule has 2 aromatic heterocycles. The van der Waals surface area contributed by atoms with Gasteiger partial charge in [0, 0.05) is 36.7 Å². The van der Waals surface area contributed by atoms with E-state index in [2.05, 4.69) is 44.5 Å². The minimum atomic E-state index is -0.0470. The van der Waals surface area contributed by atoms with E-state index in [4.69, 9.17) is 5.10 Å². The Morgan fingerprint density at radius 3 is 2.38 bits per heavy atom. The van der Waals surface area contributed by atoms with E-state index in [0.717, 1.165) is 33.9 Å². The van der Waals surface area contributed by atoms with E-state index in [9.17, 15) is 4.79 Å². The number of amides is 1. The van der Waals surface area contributed by atoms with Crippen LogP contribution in [-0.2, 0) is 4.79 Å². The largest absolute Gasteiger partial charge is 0.378 e. The van der Waals surface area contributed by atoms with Gasteiger partial charge in [-0.15, -0.1) is 11.8 Å². The standard InChI is InChI=1S/C21H24N6OS/c1-12-10-13(2)23-21(22-12)27-20-18(14(3)25-27)19(29-11-17(28)24-20)15-6-8-16(9-7-15)26(4)5/h6-10,19H,11H2,1-5H3,(H,24,28)/t19-/m0/s1. The number of carbonyl (C=O) groups excluding carboxylic acids is 1. The Morgan fingerprint density at radius 2 is 1.76 bits per heavy atom. The molecule has 1 atom stereocenters. The molecule has 1 aliphatic heterocycles. The van der Waals surface area contributed by atoms with Gasteiger partial charge in [-0.2, -0.15) is 9.78 Å². The molecule has 29 heavy (non-hydrogen) atoms. The fraction of sp³-hybridized carbons (Fsp3) is 0.333. The van der Waals surface area contributed by atoms with Crippen LogP contribution in [-0.4, -0.2) is 45.5 Å². The first-order valence-electron chi connectivity index (χ1n) is 9.44. The third kappa shape index (κ3) is 3.72. The van der Waals surface area contributed by atoms with Gasteiger partial charge in [0.1, 0.15) is 5.82 Å². The van der Waals surface area contributed by atoms with Crippen LogP contribution in [0.25, 0.3) is 5.95 Å². The topological polar surface area (TPSA) is 75.9 Å². The Morgan fingerprint density at radius 1 is 1.10 bits per heavy atom. The van der Waals surface area contributed by atoms with Crippen LogP contribution in [0.3, 0.4) is 0 Å². The minimum Gasteiger partial charge on any atom is -0.378 e. The molecule has 3 aromatic rings. The number of benzene rings is 1. The summed E-state index contributed by atoms with van der Waals surface area (Å²) in [7, 11) is 4.04. The Hall–Kier alpha value is -2.87. The molecule has 0 aliphatic carbocycles. The Kier molecular flexibility index (Phi) is 5.04. The average Bonchev–Trinajstić information content (AvgIpc) is 2.87. The highest BCUT2D eigenvalue weighted by molar-refractivity contribution is 8.00. The van der Waals surface area contributed by atoms with Crippen LogP contribution in [0.1, 0.15) is 33.5 Å². The highest BCUT2D eigenvalue weighted by Crippen LogP contribution is 2.43. The normalized spacial score (nSPS) is 16.2. The molecular formula is C21H24N6OS. The summed E-state index contributed by atoms with van der Waals surface area (Å²) in [6.07, 6.45) is 0. The number of carbonyl (C=O) groups is 1. The zero-order chi connectivity index (χ0) is 20.7. The first kappa shape index (κ1) is 19.4. The molecular weight excluding hydrogens is 384 g/mol. The first-order chi connectivity index (χ1) is 13.8. The van der Waals surface area contributed by atoms with Crippen molar-refractivity contribution in [2.24, 2.45) is 0 Å². The number of nitrogens with one attached hydrogen (secondary N) is 1. The van der Waals surface area contributed by atoms with Gasteiger partial charge in [0.25, 0.3) is 5.95 Å². The fourth-order valence-corrected chi connectivity index (χ4v) is 4.73. The molecule has 0 unspecified atom stereocenters. The fourth-order valence-electron chi connectivity index (χ4n) is 3.54. The summed E-state index contributed by atoms with van der Waals surface area (Å²) < 4.78 is 1.66. The third-order valence-electron chi connectivity index (χ3n) is 4.88. The van der Waals surface area contributed by atoms with E-state index in [1.807, 2.05) is 40.9 Å². The van der Waals surface area contributed by atoms with Gasteiger partial charge in [0.05, 0.1) is 16.7 Å². The van der Waals surface area contributed by atoms with Crippen LogP contribution in [0, 0.1) is 20.8 Å². The highest BCUT2D eigenvalue weighted by Gasteiger charge is 2.31.